The lowest BCUT2D eigenvalue weighted by atomic mass is 9.72. The number of nitrogens with one attached hydrogen (secondary N) is 2. The van der Waals surface area contributed by atoms with Gasteiger partial charge in [0.2, 0.25) is 11.8 Å². The Bertz CT molecular complexity index is 3960. The van der Waals surface area contributed by atoms with E-state index in [1.807, 2.05) is 85.9 Å². The van der Waals surface area contributed by atoms with Gasteiger partial charge in [0.15, 0.2) is 5.13 Å². The molecule has 4 heterocycles. The van der Waals surface area contributed by atoms with Crippen LogP contribution >= 0.6 is 11.3 Å². The number of carbonyl (C=O) groups excluding carboxylic acids is 5. The van der Waals surface area contributed by atoms with E-state index in [0.29, 0.717) is 107 Å². The van der Waals surface area contributed by atoms with Crippen LogP contribution in [0.2, 0.25) is 0 Å². The van der Waals surface area contributed by atoms with Gasteiger partial charge in [-0.3, -0.25) is 24.5 Å². The number of hydrogen-bond acceptors (Lipinski definition) is 13. The first-order chi connectivity index (χ1) is 47.9. The van der Waals surface area contributed by atoms with Crippen LogP contribution in [0.1, 0.15) is 113 Å². The second-order valence-electron chi connectivity index (χ2n) is 26.6. The lowest BCUT2D eigenvalue weighted by molar-refractivity contribution is -0.143. The van der Waals surface area contributed by atoms with Gasteiger partial charge >= 0.3 is 18.4 Å². The van der Waals surface area contributed by atoms with Gasteiger partial charge in [0.1, 0.15) is 30.9 Å². The lowest BCUT2D eigenvalue weighted by Gasteiger charge is -2.44. The van der Waals surface area contributed by atoms with Gasteiger partial charge in [0.25, 0.3) is 11.8 Å². The summed E-state index contributed by atoms with van der Waals surface area (Å²) in [4.78, 5) is 82.5. The molecule has 3 aliphatic heterocycles. The van der Waals surface area contributed by atoms with E-state index in [4.69, 9.17) is 19.2 Å². The van der Waals surface area contributed by atoms with E-state index in [1.165, 1.54) is 35.6 Å². The van der Waals surface area contributed by atoms with Crippen molar-refractivity contribution in [3.63, 3.8) is 0 Å². The van der Waals surface area contributed by atoms with Crippen molar-refractivity contribution in [3.05, 3.63) is 184 Å². The summed E-state index contributed by atoms with van der Waals surface area (Å²) in [5.74, 6) is -1.85. The summed E-state index contributed by atoms with van der Waals surface area (Å²) in [5, 5.41) is 7.09. The molecule has 0 unspecified atom stereocenters. The van der Waals surface area contributed by atoms with Gasteiger partial charge in [-0.25, -0.2) is 14.2 Å². The zero-order chi connectivity index (χ0) is 70.8. The largest absolute Gasteiger partial charge is 0.446 e. The molecule has 0 radical (unpaired) electrons. The molecule has 25 heteroatoms. The standard InChI is InChI=1S/C75H84F7N9O8S/c1-86(67(93)48-97-65-46-52-17-9-11-19-61(52)72(65)30-38-90(39-31-72)40-32-73(55-23-25-58(76)26-24-55)49-91(50-98-73)69(95)54-43-56(74(77,78)79)47-57(44-54)75(80,81)82)34-14-35-88(3)68(94)53-22-27-63-64(45-53)100-70(84-63)83-33-13-5-8-21-66(92)87(2)41-42-89-36-28-59(29-37-89)99-71(96)85-62-20-12-10-18-60(62)51-15-6-4-7-16-51/h4,6-7,9-12,15-20,22-27,43-45,47,59,65H,5,8,13-14,21,28-42,46,48-50H2,1-3H3,(H,83,84)(H,85,96)/t65-,73+/m0/s1. The molecule has 2 N–H and O–H groups in total. The molecule has 4 aliphatic rings. The number of ether oxygens (including phenoxy) is 3. The smallest absolute Gasteiger partial charge is 0.416 e. The molecule has 2 atom stereocenters. The minimum Gasteiger partial charge on any atom is -0.446 e. The minimum absolute atomic E-state index is 0.0286. The van der Waals surface area contributed by atoms with Crippen LogP contribution in [0.15, 0.2) is 140 Å². The zero-order valence-corrected chi connectivity index (χ0v) is 57.2. The molecular formula is C75H84F7N9O8S. The molecule has 17 nitrogen and oxygen atoms in total. The van der Waals surface area contributed by atoms with Gasteiger partial charge in [-0.15, -0.1) is 0 Å². The van der Waals surface area contributed by atoms with Crippen LogP contribution in [-0.2, 0) is 53.6 Å². The number of amides is 5. The molecule has 6 aromatic carbocycles. The topological polar surface area (TPSA) is 169 Å². The maximum absolute atomic E-state index is 14.3. The third-order valence-corrected chi connectivity index (χ3v) is 20.9. The van der Waals surface area contributed by atoms with Crippen molar-refractivity contribution >= 4 is 62.1 Å². The van der Waals surface area contributed by atoms with Gasteiger partial charge in [-0.1, -0.05) is 103 Å². The second-order valence-corrected chi connectivity index (χ2v) is 27.6. The van der Waals surface area contributed by atoms with Crippen LogP contribution in [-0.4, -0.2) is 183 Å². The number of nitrogens with zero attached hydrogens (tertiary/aromatic N) is 7. The Morgan fingerprint density at radius 2 is 1.36 bits per heavy atom. The predicted molar refractivity (Wildman–Crippen MR) is 368 cm³/mol. The molecule has 532 valence electrons. The third kappa shape index (κ3) is 17.8. The number of anilines is 2. The number of carbonyl (C=O) groups is 5. The Balaban J connectivity index is 0.576. The average Bonchev–Trinajstić information content (AvgIpc) is 1.58. The molecule has 0 bridgehead atoms. The molecular weight excluding hydrogens is 1320 g/mol. The van der Waals surface area contributed by atoms with Crippen molar-refractivity contribution in [2.75, 3.05) is 117 Å². The number of likely N-dealkylation sites (tertiary alicyclic amines) is 2. The first kappa shape index (κ1) is 72.8. The molecule has 3 saturated heterocycles. The molecule has 1 spiro atoms. The number of aromatic nitrogens is 1. The normalized spacial score (nSPS) is 18.1. The minimum atomic E-state index is -5.15. The number of unbranched alkanes of at least 4 members (excludes halogenated alkanes) is 2. The highest BCUT2D eigenvalue weighted by atomic mass is 32.1. The Hall–Kier alpha value is -8.49. The molecule has 1 aliphatic carbocycles. The van der Waals surface area contributed by atoms with Crippen LogP contribution in [0.3, 0.4) is 0 Å². The van der Waals surface area contributed by atoms with Crippen molar-refractivity contribution in [2.45, 2.75) is 106 Å². The number of benzene rings is 6. The fourth-order valence-corrected chi connectivity index (χ4v) is 15.0. The monoisotopic (exact) mass is 1400 g/mol. The summed E-state index contributed by atoms with van der Waals surface area (Å²) in [7, 11) is 5.31. The number of fused-ring (bicyclic) bond motifs is 3. The number of likely N-dealkylation sites (N-methyl/N-ethyl adjacent to an activating group) is 2. The summed E-state index contributed by atoms with van der Waals surface area (Å²) in [6.45, 7) is 5.24. The first-order valence-electron chi connectivity index (χ1n) is 34.1. The molecule has 7 aromatic rings. The van der Waals surface area contributed by atoms with E-state index < -0.39 is 64.6 Å². The maximum atomic E-state index is 14.3. The Kier molecular flexibility index (Phi) is 23.3. The van der Waals surface area contributed by atoms with Crippen molar-refractivity contribution < 1.29 is 68.9 Å². The van der Waals surface area contributed by atoms with E-state index in [2.05, 4.69) is 32.6 Å². The predicted octanol–water partition coefficient (Wildman–Crippen LogP) is 13.6. The van der Waals surface area contributed by atoms with Crippen LogP contribution in [0, 0.1) is 5.82 Å². The van der Waals surface area contributed by atoms with Crippen LogP contribution in [0.5, 0.6) is 0 Å². The Morgan fingerprint density at radius 3 is 2.09 bits per heavy atom. The summed E-state index contributed by atoms with van der Waals surface area (Å²) >= 11 is 1.48. The summed E-state index contributed by atoms with van der Waals surface area (Å²) < 4.78 is 117. The van der Waals surface area contributed by atoms with Crippen LogP contribution in [0.25, 0.3) is 21.3 Å². The quantitative estimate of drug-likeness (QED) is 0.0389. The van der Waals surface area contributed by atoms with Gasteiger partial charge in [-0.05, 0) is 148 Å². The van der Waals surface area contributed by atoms with Gasteiger partial charge < -0.3 is 48.9 Å². The molecule has 0 saturated carbocycles. The highest BCUT2D eigenvalue weighted by Crippen LogP contribution is 2.49. The van der Waals surface area contributed by atoms with Crippen LogP contribution < -0.4 is 10.6 Å². The maximum Gasteiger partial charge on any atom is 0.416 e. The zero-order valence-electron chi connectivity index (χ0n) is 56.4. The summed E-state index contributed by atoms with van der Waals surface area (Å²) in [6.07, 6.45) is -4.11. The average molecular weight is 1400 g/mol. The van der Waals surface area contributed by atoms with Gasteiger partial charge in [0.05, 0.1) is 39.7 Å². The molecule has 100 heavy (non-hydrogen) atoms. The Labute approximate surface area is 581 Å². The molecule has 3 fully saturated rings. The molecule has 1 aromatic heterocycles. The van der Waals surface area contributed by atoms with E-state index in [-0.39, 0.29) is 55.6 Å². The number of thiazole rings is 1. The highest BCUT2D eigenvalue weighted by molar-refractivity contribution is 7.22. The SMILES string of the molecule is CN(CCN1CCC(OC(=O)Nc2ccccc2-c2ccccc2)CC1)C(=O)CCCCCNc1nc2ccc(C(=O)N(C)CCCN(C)C(=O)CO[C@H]3Cc4ccccc4C34CCN(CC[C@]3(c5ccc(F)cc5)CN(C(=O)c5cc(C(F)(F)F)cc(C(F)(F)F)c5)CO3)CC4)cc2s1. The number of piperidine rings is 2. The van der Waals surface area contributed by atoms with E-state index in [0.717, 1.165) is 94.2 Å². The van der Waals surface area contributed by atoms with E-state index >= 15 is 0 Å². The number of hydrogen-bond donors (Lipinski definition) is 2. The summed E-state index contributed by atoms with van der Waals surface area (Å²) in [5.41, 5.74) is 1.04. The third-order valence-electron chi connectivity index (χ3n) is 20.0. The molecule has 11 rings (SSSR count). The number of rotatable bonds is 26. The highest BCUT2D eigenvalue weighted by Gasteiger charge is 2.50. The van der Waals surface area contributed by atoms with Gasteiger partial charge in [-0.2, -0.15) is 26.3 Å². The number of alkyl halides is 6. The molecule has 5 amide bonds. The van der Waals surface area contributed by atoms with Crippen molar-refractivity contribution in [2.24, 2.45) is 0 Å². The van der Waals surface area contributed by atoms with Gasteiger partial charge in [0, 0.05) is 102 Å². The fraction of sp³-hybridized carbons (Fsp3) is 0.440. The first-order valence-corrected chi connectivity index (χ1v) is 34.9. The number of halogens is 7. The van der Waals surface area contributed by atoms with E-state index in [9.17, 15) is 54.7 Å². The van der Waals surface area contributed by atoms with Crippen molar-refractivity contribution in [3.8, 4) is 11.1 Å². The van der Waals surface area contributed by atoms with Crippen molar-refractivity contribution in [1.29, 1.82) is 0 Å². The lowest BCUT2D eigenvalue weighted by Crippen LogP contribution is -2.50. The van der Waals surface area contributed by atoms with Crippen molar-refractivity contribution in [1.82, 2.24) is 34.4 Å². The summed E-state index contributed by atoms with van der Waals surface area (Å²) in [6, 6.07) is 37.4. The van der Waals surface area contributed by atoms with Crippen LogP contribution in [0.4, 0.5) is 46.3 Å². The Morgan fingerprint density at radius 1 is 0.690 bits per heavy atom. The second kappa shape index (κ2) is 32.0. The fourth-order valence-electron chi connectivity index (χ4n) is 14.1. The number of para-hydroxylation sites is 1. The van der Waals surface area contributed by atoms with E-state index in [1.54, 1.807) is 34.9 Å².